The normalized spacial score (nSPS) is 14.4. The molecule has 1 heterocycles. The molecule has 0 unspecified atom stereocenters. The first-order chi connectivity index (χ1) is 14.1. The van der Waals surface area contributed by atoms with Crippen molar-refractivity contribution in [2.45, 2.75) is 51.9 Å². The molecule has 29 heavy (non-hydrogen) atoms. The second-order valence-corrected chi connectivity index (χ2v) is 8.27. The Morgan fingerprint density at radius 1 is 1.14 bits per heavy atom. The Balaban J connectivity index is 1.75. The number of esters is 1. The van der Waals surface area contributed by atoms with Crippen LogP contribution in [-0.4, -0.2) is 25.6 Å². The minimum Gasteiger partial charge on any atom is -0.497 e. The number of rotatable bonds is 8. The second-order valence-electron chi connectivity index (χ2n) is 7.39. The van der Waals surface area contributed by atoms with Gasteiger partial charge in [-0.15, -0.1) is 11.3 Å². The number of hydrogen-bond acceptors (Lipinski definition) is 5. The predicted molar refractivity (Wildman–Crippen MR) is 117 cm³/mol. The van der Waals surface area contributed by atoms with Crippen molar-refractivity contribution in [1.29, 1.82) is 0 Å². The van der Waals surface area contributed by atoms with Gasteiger partial charge in [-0.1, -0.05) is 44.2 Å². The van der Waals surface area contributed by atoms with Gasteiger partial charge in [-0.2, -0.15) is 0 Å². The Kier molecular flexibility index (Phi) is 7.69. The van der Waals surface area contributed by atoms with E-state index in [1.54, 1.807) is 14.0 Å². The summed E-state index contributed by atoms with van der Waals surface area (Å²) in [7, 11) is 1.62. The summed E-state index contributed by atoms with van der Waals surface area (Å²) in [5.74, 6) is 0.946. The smallest absolute Gasteiger partial charge is 0.341 e. The number of thiophene rings is 1. The highest BCUT2D eigenvalue weighted by molar-refractivity contribution is 7.15. The maximum absolute atomic E-state index is 12.6. The lowest BCUT2D eigenvalue weighted by Crippen LogP contribution is -2.16. The fourth-order valence-electron chi connectivity index (χ4n) is 3.84. The first kappa shape index (κ1) is 21.4. The first-order valence-corrected chi connectivity index (χ1v) is 11.2. The molecule has 156 valence electrons. The number of ether oxygens (including phenoxy) is 2. The van der Waals surface area contributed by atoms with E-state index in [0.717, 1.165) is 23.3 Å². The van der Waals surface area contributed by atoms with Crippen molar-refractivity contribution in [3.63, 3.8) is 0 Å². The third-order valence-electron chi connectivity index (χ3n) is 5.43. The second kappa shape index (κ2) is 10.4. The molecule has 2 aromatic rings. The summed E-state index contributed by atoms with van der Waals surface area (Å²) >= 11 is 1.36. The van der Waals surface area contributed by atoms with Crippen LogP contribution in [-0.2, 0) is 9.53 Å². The number of amides is 1. The van der Waals surface area contributed by atoms with E-state index in [4.69, 9.17) is 9.47 Å². The van der Waals surface area contributed by atoms with Gasteiger partial charge >= 0.3 is 5.97 Å². The Morgan fingerprint density at radius 3 is 2.52 bits per heavy atom. The molecule has 1 amide bonds. The van der Waals surface area contributed by atoms with Gasteiger partial charge < -0.3 is 14.8 Å². The van der Waals surface area contributed by atoms with Crippen LogP contribution >= 0.6 is 11.3 Å². The molecule has 3 rings (SSSR count). The van der Waals surface area contributed by atoms with E-state index in [2.05, 4.69) is 5.32 Å². The summed E-state index contributed by atoms with van der Waals surface area (Å²) in [6.07, 6.45) is 7.71. The third-order valence-corrected chi connectivity index (χ3v) is 6.32. The third kappa shape index (κ3) is 5.60. The van der Waals surface area contributed by atoms with Crippen molar-refractivity contribution < 1.29 is 19.1 Å². The SMILES string of the molecule is CCOC(=O)c1c(-c2ccc(OC)cc2)csc1NC(=O)CCC1CCCCC1. The highest BCUT2D eigenvalue weighted by atomic mass is 32.1. The van der Waals surface area contributed by atoms with Crippen LogP contribution in [0.25, 0.3) is 11.1 Å². The van der Waals surface area contributed by atoms with E-state index < -0.39 is 5.97 Å². The van der Waals surface area contributed by atoms with E-state index >= 15 is 0 Å². The Bertz CT molecular complexity index is 822. The summed E-state index contributed by atoms with van der Waals surface area (Å²) in [5.41, 5.74) is 2.07. The number of carbonyl (C=O) groups excluding carboxylic acids is 2. The highest BCUT2D eigenvalue weighted by Crippen LogP contribution is 2.37. The zero-order chi connectivity index (χ0) is 20.6. The van der Waals surface area contributed by atoms with Gasteiger partial charge in [0.2, 0.25) is 5.91 Å². The molecule has 1 fully saturated rings. The molecule has 1 aliphatic carbocycles. The van der Waals surface area contributed by atoms with Crippen LogP contribution in [0.15, 0.2) is 29.6 Å². The summed E-state index contributed by atoms with van der Waals surface area (Å²) < 4.78 is 10.5. The molecular weight excluding hydrogens is 386 g/mol. The molecule has 0 bridgehead atoms. The number of nitrogens with one attached hydrogen (secondary N) is 1. The maximum atomic E-state index is 12.6. The van der Waals surface area contributed by atoms with Gasteiger partial charge in [0.25, 0.3) is 0 Å². The van der Waals surface area contributed by atoms with E-state index in [0.29, 0.717) is 22.9 Å². The summed E-state index contributed by atoms with van der Waals surface area (Å²) in [6.45, 7) is 2.06. The topological polar surface area (TPSA) is 64.6 Å². The van der Waals surface area contributed by atoms with Crippen molar-refractivity contribution in [3.05, 3.63) is 35.2 Å². The summed E-state index contributed by atoms with van der Waals surface area (Å²) in [4.78, 5) is 25.2. The van der Waals surface area contributed by atoms with Gasteiger partial charge in [0.05, 0.1) is 13.7 Å². The first-order valence-electron chi connectivity index (χ1n) is 10.3. The molecule has 0 radical (unpaired) electrons. The Labute approximate surface area is 176 Å². The average molecular weight is 416 g/mol. The van der Waals surface area contributed by atoms with Gasteiger partial charge in [-0.3, -0.25) is 4.79 Å². The zero-order valence-corrected chi connectivity index (χ0v) is 18.0. The van der Waals surface area contributed by atoms with Gasteiger partial charge in [-0.25, -0.2) is 4.79 Å². The minimum atomic E-state index is -0.415. The van der Waals surface area contributed by atoms with Crippen molar-refractivity contribution >= 4 is 28.2 Å². The lowest BCUT2D eigenvalue weighted by Gasteiger charge is -2.20. The highest BCUT2D eigenvalue weighted by Gasteiger charge is 2.23. The van der Waals surface area contributed by atoms with E-state index in [-0.39, 0.29) is 12.5 Å². The number of methoxy groups -OCH3 is 1. The Hall–Kier alpha value is -2.34. The molecule has 1 aliphatic rings. The molecule has 1 N–H and O–H groups in total. The van der Waals surface area contributed by atoms with Gasteiger partial charge in [0.1, 0.15) is 16.3 Å². The minimum absolute atomic E-state index is 0.0377. The van der Waals surface area contributed by atoms with Gasteiger partial charge in [-0.05, 0) is 37.0 Å². The van der Waals surface area contributed by atoms with Crippen LogP contribution in [0.4, 0.5) is 5.00 Å². The molecule has 1 aromatic carbocycles. The molecular formula is C23H29NO4S. The van der Waals surface area contributed by atoms with Gasteiger partial charge in [0, 0.05) is 17.4 Å². The van der Waals surface area contributed by atoms with Crippen LogP contribution < -0.4 is 10.1 Å². The van der Waals surface area contributed by atoms with Crippen molar-refractivity contribution in [2.24, 2.45) is 5.92 Å². The molecule has 6 heteroatoms. The van der Waals surface area contributed by atoms with Crippen molar-refractivity contribution in [3.8, 4) is 16.9 Å². The molecule has 1 aromatic heterocycles. The Morgan fingerprint density at radius 2 is 1.86 bits per heavy atom. The molecule has 1 saturated carbocycles. The van der Waals surface area contributed by atoms with E-state index in [1.165, 1.54) is 43.4 Å². The maximum Gasteiger partial charge on any atom is 0.341 e. The quantitative estimate of drug-likeness (QED) is 0.545. The fraction of sp³-hybridized carbons (Fsp3) is 0.478. The lowest BCUT2D eigenvalue weighted by molar-refractivity contribution is -0.116. The molecule has 5 nitrogen and oxygen atoms in total. The van der Waals surface area contributed by atoms with E-state index in [1.807, 2.05) is 29.6 Å². The average Bonchev–Trinajstić information content (AvgIpc) is 3.16. The monoisotopic (exact) mass is 415 g/mol. The number of anilines is 1. The van der Waals surface area contributed by atoms with Crippen molar-refractivity contribution in [1.82, 2.24) is 0 Å². The molecule has 0 spiro atoms. The van der Waals surface area contributed by atoms with Crippen LogP contribution in [0.3, 0.4) is 0 Å². The molecule has 0 saturated heterocycles. The zero-order valence-electron chi connectivity index (χ0n) is 17.2. The molecule has 0 aliphatic heterocycles. The number of benzene rings is 1. The lowest BCUT2D eigenvalue weighted by atomic mass is 9.86. The van der Waals surface area contributed by atoms with E-state index in [9.17, 15) is 9.59 Å². The molecule has 0 atom stereocenters. The number of hydrogen-bond donors (Lipinski definition) is 1. The van der Waals surface area contributed by atoms with Gasteiger partial charge in [0.15, 0.2) is 0 Å². The largest absolute Gasteiger partial charge is 0.497 e. The van der Waals surface area contributed by atoms with Crippen molar-refractivity contribution in [2.75, 3.05) is 19.0 Å². The standard InChI is InChI=1S/C23H29NO4S/c1-3-28-23(26)21-19(17-10-12-18(27-2)13-11-17)15-29-22(21)24-20(25)14-9-16-7-5-4-6-8-16/h10-13,15-16H,3-9,14H2,1-2H3,(H,24,25). The summed E-state index contributed by atoms with van der Waals surface area (Å²) in [6, 6.07) is 7.51. The van der Waals surface area contributed by atoms with Crippen LogP contribution in [0.5, 0.6) is 5.75 Å². The van der Waals surface area contributed by atoms with Crippen LogP contribution in [0.1, 0.15) is 62.2 Å². The van der Waals surface area contributed by atoms with Crippen LogP contribution in [0, 0.1) is 5.92 Å². The summed E-state index contributed by atoms with van der Waals surface area (Å²) in [5, 5.41) is 5.41. The van der Waals surface area contributed by atoms with Crippen LogP contribution in [0.2, 0.25) is 0 Å². The number of carbonyl (C=O) groups is 2. The predicted octanol–water partition coefficient (Wildman–Crippen LogP) is 5.90. The fourth-order valence-corrected chi connectivity index (χ4v) is 4.81.